The van der Waals surface area contributed by atoms with Crippen molar-refractivity contribution in [2.75, 3.05) is 26.7 Å². The number of hydrogen-bond acceptors (Lipinski definition) is 4. The van der Waals surface area contributed by atoms with Crippen molar-refractivity contribution in [1.82, 2.24) is 10.2 Å². The van der Waals surface area contributed by atoms with Gasteiger partial charge in [-0.2, -0.15) is 0 Å². The number of benzene rings is 1. The van der Waals surface area contributed by atoms with E-state index >= 15 is 0 Å². The second-order valence-electron chi connectivity index (χ2n) is 7.35. The summed E-state index contributed by atoms with van der Waals surface area (Å²) in [6.45, 7) is 7.49. The van der Waals surface area contributed by atoms with Gasteiger partial charge in [0.15, 0.2) is 0 Å². The molecule has 1 heterocycles. The summed E-state index contributed by atoms with van der Waals surface area (Å²) in [7, 11) is 1.59. The highest BCUT2D eigenvalue weighted by atomic mass is 16.6. The highest BCUT2D eigenvalue weighted by Crippen LogP contribution is 2.20. The van der Waals surface area contributed by atoms with Crippen LogP contribution in [0.25, 0.3) is 0 Å². The molecule has 0 aliphatic carbocycles. The number of likely N-dealkylation sites (tertiary alicyclic amines) is 1. The fourth-order valence-corrected chi connectivity index (χ4v) is 2.82. The average molecular weight is 348 g/mol. The lowest BCUT2D eigenvalue weighted by molar-refractivity contribution is 0.0500. The van der Waals surface area contributed by atoms with Gasteiger partial charge in [0.1, 0.15) is 11.4 Å². The Labute approximate surface area is 149 Å². The number of carbonyl (C=O) groups is 2. The van der Waals surface area contributed by atoms with Gasteiger partial charge in [0, 0.05) is 25.2 Å². The first-order valence-corrected chi connectivity index (χ1v) is 8.68. The molecule has 25 heavy (non-hydrogen) atoms. The third-order valence-corrected chi connectivity index (χ3v) is 4.15. The fraction of sp³-hybridized carbons (Fsp3) is 0.579. The van der Waals surface area contributed by atoms with Crippen LogP contribution in [0.3, 0.4) is 0 Å². The standard InChI is InChI=1S/C19H28N2O4/c1-19(2,3)25-18(23)20-13-14-8-10-21(11-9-14)17(22)15-6-5-7-16(12-15)24-4/h5-7,12,14H,8-11,13H2,1-4H3,(H,20,23). The molecule has 1 N–H and O–H groups in total. The number of nitrogens with zero attached hydrogens (tertiary/aromatic N) is 1. The molecule has 0 radical (unpaired) electrons. The van der Waals surface area contributed by atoms with Crippen molar-refractivity contribution in [3.63, 3.8) is 0 Å². The van der Waals surface area contributed by atoms with Crippen LogP contribution < -0.4 is 10.1 Å². The lowest BCUT2D eigenvalue weighted by Gasteiger charge is -2.32. The number of piperidine rings is 1. The molecule has 1 aromatic carbocycles. The first kappa shape index (κ1) is 19.1. The molecule has 6 heteroatoms. The first-order chi connectivity index (χ1) is 11.8. The van der Waals surface area contributed by atoms with Gasteiger partial charge in [-0.05, 0) is 57.7 Å². The summed E-state index contributed by atoms with van der Waals surface area (Å²) in [4.78, 5) is 26.1. The Hall–Kier alpha value is -2.24. The zero-order chi connectivity index (χ0) is 18.4. The number of amides is 2. The van der Waals surface area contributed by atoms with Crippen LogP contribution in [0.4, 0.5) is 4.79 Å². The topological polar surface area (TPSA) is 67.9 Å². The van der Waals surface area contributed by atoms with E-state index in [1.54, 1.807) is 19.2 Å². The van der Waals surface area contributed by atoms with Crippen molar-refractivity contribution < 1.29 is 19.1 Å². The number of alkyl carbamates (subject to hydrolysis) is 1. The molecule has 0 spiro atoms. The minimum Gasteiger partial charge on any atom is -0.497 e. The summed E-state index contributed by atoms with van der Waals surface area (Å²) in [6, 6.07) is 7.22. The lowest BCUT2D eigenvalue weighted by atomic mass is 9.96. The van der Waals surface area contributed by atoms with E-state index in [2.05, 4.69) is 5.32 Å². The van der Waals surface area contributed by atoms with Gasteiger partial charge in [0.25, 0.3) is 5.91 Å². The van der Waals surface area contributed by atoms with E-state index in [0.717, 1.165) is 12.8 Å². The Bertz CT molecular complexity index is 602. The minimum atomic E-state index is -0.489. The van der Waals surface area contributed by atoms with E-state index in [1.807, 2.05) is 37.8 Å². The summed E-state index contributed by atoms with van der Waals surface area (Å²) in [5, 5.41) is 2.82. The molecule has 0 unspecified atom stereocenters. The predicted octanol–water partition coefficient (Wildman–Crippen LogP) is 3.07. The number of carbonyl (C=O) groups excluding carboxylic acids is 2. The largest absolute Gasteiger partial charge is 0.497 e. The summed E-state index contributed by atoms with van der Waals surface area (Å²) >= 11 is 0. The molecule has 2 amide bonds. The number of hydrogen-bond donors (Lipinski definition) is 1. The van der Waals surface area contributed by atoms with Gasteiger partial charge >= 0.3 is 6.09 Å². The molecule has 0 aromatic heterocycles. The molecule has 1 aliphatic heterocycles. The maximum absolute atomic E-state index is 12.6. The van der Waals surface area contributed by atoms with Crippen molar-refractivity contribution in [2.45, 2.75) is 39.2 Å². The quantitative estimate of drug-likeness (QED) is 0.908. The second kappa shape index (κ2) is 8.23. The zero-order valence-electron chi connectivity index (χ0n) is 15.5. The third-order valence-electron chi connectivity index (χ3n) is 4.15. The van der Waals surface area contributed by atoms with Crippen LogP contribution in [0, 0.1) is 5.92 Å². The number of ether oxygens (including phenoxy) is 2. The molecular formula is C19H28N2O4. The van der Waals surface area contributed by atoms with Gasteiger partial charge < -0.3 is 19.7 Å². The van der Waals surface area contributed by atoms with Crippen molar-refractivity contribution in [3.05, 3.63) is 29.8 Å². The Morgan fingerprint density at radius 3 is 2.52 bits per heavy atom. The van der Waals surface area contributed by atoms with Crippen molar-refractivity contribution >= 4 is 12.0 Å². The van der Waals surface area contributed by atoms with E-state index in [4.69, 9.17) is 9.47 Å². The molecule has 2 rings (SSSR count). The average Bonchev–Trinajstić information content (AvgIpc) is 2.58. The van der Waals surface area contributed by atoms with Crippen molar-refractivity contribution in [3.8, 4) is 5.75 Å². The van der Waals surface area contributed by atoms with Crippen LogP contribution in [-0.2, 0) is 4.74 Å². The van der Waals surface area contributed by atoms with Crippen molar-refractivity contribution in [2.24, 2.45) is 5.92 Å². The van der Waals surface area contributed by atoms with Gasteiger partial charge in [0.2, 0.25) is 0 Å². The minimum absolute atomic E-state index is 0.0254. The Kier molecular flexibility index (Phi) is 6.28. The maximum Gasteiger partial charge on any atom is 0.407 e. The number of methoxy groups -OCH3 is 1. The monoisotopic (exact) mass is 348 g/mol. The summed E-state index contributed by atoms with van der Waals surface area (Å²) < 4.78 is 10.4. The van der Waals surface area contributed by atoms with E-state index in [-0.39, 0.29) is 12.0 Å². The van der Waals surface area contributed by atoms with E-state index in [0.29, 0.717) is 36.9 Å². The van der Waals surface area contributed by atoms with Gasteiger partial charge in [0.05, 0.1) is 7.11 Å². The van der Waals surface area contributed by atoms with Gasteiger partial charge in [-0.3, -0.25) is 4.79 Å². The van der Waals surface area contributed by atoms with Crippen LogP contribution in [0.2, 0.25) is 0 Å². The highest BCUT2D eigenvalue weighted by Gasteiger charge is 2.25. The smallest absolute Gasteiger partial charge is 0.407 e. The highest BCUT2D eigenvalue weighted by molar-refractivity contribution is 5.94. The molecule has 0 atom stereocenters. The Morgan fingerprint density at radius 1 is 1.24 bits per heavy atom. The Morgan fingerprint density at radius 2 is 1.92 bits per heavy atom. The van der Waals surface area contributed by atoms with Crippen molar-refractivity contribution in [1.29, 1.82) is 0 Å². The Balaban J connectivity index is 1.79. The summed E-state index contributed by atoms with van der Waals surface area (Å²) in [5.41, 5.74) is 0.154. The molecule has 1 saturated heterocycles. The molecule has 1 aliphatic rings. The SMILES string of the molecule is COc1cccc(C(=O)N2CCC(CNC(=O)OC(C)(C)C)CC2)c1. The summed E-state index contributed by atoms with van der Waals surface area (Å²) in [6.07, 6.45) is 1.35. The predicted molar refractivity (Wildman–Crippen MR) is 95.9 cm³/mol. The van der Waals surface area contributed by atoms with Crippen LogP contribution >= 0.6 is 0 Å². The third kappa shape index (κ3) is 5.96. The molecule has 1 aromatic rings. The first-order valence-electron chi connectivity index (χ1n) is 8.68. The lowest BCUT2D eigenvalue weighted by Crippen LogP contribution is -2.42. The molecule has 6 nitrogen and oxygen atoms in total. The van der Waals surface area contributed by atoms with Gasteiger partial charge in [-0.1, -0.05) is 6.07 Å². The van der Waals surface area contributed by atoms with Gasteiger partial charge in [-0.15, -0.1) is 0 Å². The van der Waals surface area contributed by atoms with Crippen LogP contribution in [0.15, 0.2) is 24.3 Å². The second-order valence-corrected chi connectivity index (χ2v) is 7.35. The summed E-state index contributed by atoms with van der Waals surface area (Å²) in [5.74, 6) is 1.07. The van der Waals surface area contributed by atoms with Crippen LogP contribution in [-0.4, -0.2) is 49.2 Å². The van der Waals surface area contributed by atoms with Gasteiger partial charge in [-0.25, -0.2) is 4.79 Å². The normalized spacial score (nSPS) is 15.6. The van der Waals surface area contributed by atoms with Crippen LogP contribution in [0.1, 0.15) is 44.0 Å². The molecule has 138 valence electrons. The molecular weight excluding hydrogens is 320 g/mol. The number of nitrogens with one attached hydrogen (secondary N) is 1. The zero-order valence-corrected chi connectivity index (χ0v) is 15.5. The molecule has 1 fully saturated rings. The van der Waals surface area contributed by atoms with Crippen LogP contribution in [0.5, 0.6) is 5.75 Å². The van der Waals surface area contributed by atoms with E-state index < -0.39 is 5.60 Å². The van der Waals surface area contributed by atoms with E-state index in [1.165, 1.54) is 0 Å². The molecule has 0 saturated carbocycles. The van der Waals surface area contributed by atoms with E-state index in [9.17, 15) is 9.59 Å². The molecule has 0 bridgehead atoms. The number of rotatable bonds is 4. The maximum atomic E-state index is 12.6. The fourth-order valence-electron chi connectivity index (χ4n) is 2.82.